The summed E-state index contributed by atoms with van der Waals surface area (Å²) in [6.45, 7) is 0. The molecule has 29 heavy (non-hydrogen) atoms. The summed E-state index contributed by atoms with van der Waals surface area (Å²) in [6.07, 6.45) is 0. The molecule has 1 heterocycles. The van der Waals surface area contributed by atoms with Gasteiger partial charge >= 0.3 is 5.63 Å². The van der Waals surface area contributed by atoms with Crippen LogP contribution in [0.2, 0.25) is 5.02 Å². The summed E-state index contributed by atoms with van der Waals surface area (Å²) < 4.78 is 32.4. The third-order valence-corrected chi connectivity index (χ3v) is 4.58. The average Bonchev–Trinajstić information content (AvgIpc) is 2.70. The molecule has 0 spiro atoms. The van der Waals surface area contributed by atoms with E-state index in [9.17, 15) is 18.4 Å². The van der Waals surface area contributed by atoms with Crippen molar-refractivity contribution in [2.24, 2.45) is 0 Å². The molecule has 4 rings (SSSR count). The molecule has 0 atom stereocenters. The minimum Gasteiger partial charge on any atom is -0.416 e. The number of amides is 1. The Hall–Kier alpha value is -3.51. The number of carbonyl (C=O) groups excluding carboxylic acids is 1. The molecule has 1 amide bonds. The van der Waals surface area contributed by atoms with Gasteiger partial charge in [0.2, 0.25) is 5.76 Å². The highest BCUT2D eigenvalue weighted by Crippen LogP contribution is 2.32. The number of hydrogen-bond donors (Lipinski definition) is 1. The molecule has 0 unspecified atom stereocenters. The molecule has 144 valence electrons. The van der Waals surface area contributed by atoms with E-state index < -0.39 is 23.2 Å². The number of hydrogen-bond acceptors (Lipinski definition) is 3. The maximum Gasteiger partial charge on any atom is 0.344 e. The van der Waals surface area contributed by atoms with Crippen LogP contribution in [0.5, 0.6) is 0 Å². The van der Waals surface area contributed by atoms with Crippen LogP contribution in [-0.2, 0) is 0 Å². The zero-order chi connectivity index (χ0) is 20.5. The number of fused-ring (bicyclic) bond motifs is 1. The van der Waals surface area contributed by atoms with Gasteiger partial charge in [0.25, 0.3) is 5.91 Å². The Balaban J connectivity index is 1.93. The van der Waals surface area contributed by atoms with E-state index in [-0.39, 0.29) is 16.8 Å². The fourth-order valence-corrected chi connectivity index (χ4v) is 3.22. The largest absolute Gasteiger partial charge is 0.416 e. The van der Waals surface area contributed by atoms with Crippen molar-refractivity contribution in [2.45, 2.75) is 0 Å². The Morgan fingerprint density at radius 2 is 1.69 bits per heavy atom. The van der Waals surface area contributed by atoms with E-state index in [0.717, 1.165) is 12.1 Å². The minimum absolute atomic E-state index is 0.246. The number of rotatable bonds is 3. The van der Waals surface area contributed by atoms with Crippen LogP contribution in [0.3, 0.4) is 0 Å². The lowest BCUT2D eigenvalue weighted by atomic mass is 9.98. The van der Waals surface area contributed by atoms with Crippen molar-refractivity contribution in [3.63, 3.8) is 0 Å². The lowest BCUT2D eigenvalue weighted by Crippen LogP contribution is -2.17. The quantitative estimate of drug-likeness (QED) is 0.474. The molecule has 7 heteroatoms. The Bertz CT molecular complexity index is 1300. The summed E-state index contributed by atoms with van der Waals surface area (Å²) in [5, 5.41) is 3.36. The molecule has 0 saturated carbocycles. The number of carbonyl (C=O) groups is 1. The Morgan fingerprint density at radius 1 is 0.931 bits per heavy atom. The lowest BCUT2D eigenvalue weighted by molar-refractivity contribution is 0.0993. The van der Waals surface area contributed by atoms with Crippen molar-refractivity contribution in [2.75, 3.05) is 5.32 Å². The molecule has 3 aromatic carbocycles. The third kappa shape index (κ3) is 3.62. The first kappa shape index (κ1) is 18.8. The van der Waals surface area contributed by atoms with Crippen molar-refractivity contribution >= 4 is 34.0 Å². The molecule has 1 N–H and O–H groups in total. The molecule has 0 saturated heterocycles. The van der Waals surface area contributed by atoms with Crippen LogP contribution >= 0.6 is 11.6 Å². The molecule has 1 aromatic heterocycles. The highest BCUT2D eigenvalue weighted by atomic mass is 35.5. The van der Waals surface area contributed by atoms with E-state index in [4.69, 9.17) is 16.0 Å². The smallest absolute Gasteiger partial charge is 0.344 e. The fourth-order valence-electron chi connectivity index (χ4n) is 3.04. The van der Waals surface area contributed by atoms with Gasteiger partial charge in [-0.05, 0) is 35.9 Å². The van der Waals surface area contributed by atoms with Crippen LogP contribution in [0, 0.1) is 11.6 Å². The van der Waals surface area contributed by atoms with Crippen LogP contribution in [0.25, 0.3) is 21.9 Å². The molecule has 4 aromatic rings. The summed E-state index contributed by atoms with van der Waals surface area (Å²) in [7, 11) is 0. The second-order valence-electron chi connectivity index (χ2n) is 6.23. The van der Waals surface area contributed by atoms with Crippen molar-refractivity contribution in [1.29, 1.82) is 0 Å². The van der Waals surface area contributed by atoms with Gasteiger partial charge in [0.05, 0.1) is 11.1 Å². The van der Waals surface area contributed by atoms with Crippen molar-refractivity contribution in [3.05, 3.63) is 99.6 Å². The normalized spacial score (nSPS) is 10.9. The zero-order valence-electron chi connectivity index (χ0n) is 14.7. The summed E-state index contributed by atoms with van der Waals surface area (Å²) in [5.41, 5.74) is -0.0405. The maximum atomic E-state index is 14.0. The molecule has 0 bridgehead atoms. The predicted molar refractivity (Wildman–Crippen MR) is 107 cm³/mol. The SMILES string of the molecule is O=C(Nc1ccc(F)cc1F)c1oc(=O)c2ccc(Cl)cc2c1-c1ccccc1. The number of benzene rings is 3. The van der Waals surface area contributed by atoms with Gasteiger partial charge in [-0.25, -0.2) is 13.6 Å². The second-order valence-corrected chi connectivity index (χ2v) is 6.66. The Kier molecular flexibility index (Phi) is 4.86. The third-order valence-electron chi connectivity index (χ3n) is 4.34. The second kappa shape index (κ2) is 7.48. The molecular weight excluding hydrogens is 400 g/mol. The first-order valence-corrected chi connectivity index (χ1v) is 8.90. The Morgan fingerprint density at radius 3 is 2.41 bits per heavy atom. The Labute approximate surface area is 168 Å². The highest BCUT2D eigenvalue weighted by molar-refractivity contribution is 6.31. The molecule has 0 aliphatic rings. The standard InChI is InChI=1S/C22H12ClF2NO3/c23-13-6-8-15-16(10-13)19(12-4-2-1-3-5-12)20(29-22(15)28)21(27)26-18-9-7-14(24)11-17(18)25/h1-11H,(H,26,27). The van der Waals surface area contributed by atoms with E-state index >= 15 is 0 Å². The number of halogens is 3. The zero-order valence-corrected chi connectivity index (χ0v) is 15.5. The van der Waals surface area contributed by atoms with Gasteiger partial charge in [-0.3, -0.25) is 4.79 Å². The van der Waals surface area contributed by atoms with Crippen molar-refractivity contribution < 1.29 is 18.0 Å². The molecule has 0 aliphatic heterocycles. The van der Waals surface area contributed by atoms with E-state index in [1.807, 2.05) is 0 Å². The minimum atomic E-state index is -0.953. The lowest BCUT2D eigenvalue weighted by Gasteiger charge is -2.12. The van der Waals surface area contributed by atoms with E-state index in [1.54, 1.807) is 42.5 Å². The number of nitrogens with one attached hydrogen (secondary N) is 1. The van der Waals surface area contributed by atoms with E-state index in [0.29, 0.717) is 27.6 Å². The van der Waals surface area contributed by atoms with Crippen LogP contribution in [-0.4, -0.2) is 5.91 Å². The molecule has 4 nitrogen and oxygen atoms in total. The molecule has 0 radical (unpaired) electrons. The molecular formula is C22H12ClF2NO3. The topological polar surface area (TPSA) is 59.3 Å². The monoisotopic (exact) mass is 411 g/mol. The van der Waals surface area contributed by atoms with Gasteiger partial charge in [-0.2, -0.15) is 0 Å². The van der Waals surface area contributed by atoms with Gasteiger partial charge in [0.15, 0.2) is 0 Å². The maximum absolute atomic E-state index is 14.0. The highest BCUT2D eigenvalue weighted by Gasteiger charge is 2.22. The molecule has 0 aliphatic carbocycles. The van der Waals surface area contributed by atoms with Crippen LogP contribution < -0.4 is 10.9 Å². The predicted octanol–water partition coefficient (Wildman–Crippen LogP) is 5.64. The molecule has 0 fully saturated rings. The number of anilines is 1. The summed E-state index contributed by atoms with van der Waals surface area (Å²) >= 11 is 6.11. The van der Waals surface area contributed by atoms with Gasteiger partial charge in [0.1, 0.15) is 11.6 Å². The van der Waals surface area contributed by atoms with Crippen LogP contribution in [0.15, 0.2) is 75.9 Å². The van der Waals surface area contributed by atoms with Gasteiger partial charge in [-0.1, -0.05) is 41.9 Å². The summed E-state index contributed by atoms with van der Waals surface area (Å²) in [5.74, 6) is -2.89. The van der Waals surface area contributed by atoms with Gasteiger partial charge in [-0.15, -0.1) is 0 Å². The fraction of sp³-hybridized carbons (Fsp3) is 0. The first-order chi connectivity index (χ1) is 13.9. The van der Waals surface area contributed by atoms with Gasteiger partial charge in [0, 0.05) is 22.0 Å². The van der Waals surface area contributed by atoms with Crippen molar-refractivity contribution in [1.82, 2.24) is 0 Å². The first-order valence-electron chi connectivity index (χ1n) is 8.52. The van der Waals surface area contributed by atoms with Gasteiger partial charge < -0.3 is 9.73 Å². The summed E-state index contributed by atoms with van der Waals surface area (Å²) in [6, 6.07) is 16.2. The van der Waals surface area contributed by atoms with E-state index in [1.165, 1.54) is 6.07 Å². The van der Waals surface area contributed by atoms with Crippen LogP contribution in [0.1, 0.15) is 10.6 Å². The van der Waals surface area contributed by atoms with Crippen LogP contribution in [0.4, 0.5) is 14.5 Å². The van der Waals surface area contributed by atoms with E-state index in [2.05, 4.69) is 5.32 Å². The average molecular weight is 412 g/mol. The van der Waals surface area contributed by atoms with Crippen molar-refractivity contribution in [3.8, 4) is 11.1 Å². The summed E-state index contributed by atoms with van der Waals surface area (Å²) in [4.78, 5) is 25.3.